The molecule has 1 N–H and O–H groups in total. The minimum atomic E-state index is 0.0173. The van der Waals surface area contributed by atoms with Crippen LogP contribution in [0, 0.1) is 5.92 Å². The predicted octanol–water partition coefficient (Wildman–Crippen LogP) is 4.10. The Morgan fingerprint density at radius 2 is 1.96 bits per heavy atom. The number of nitrogens with one attached hydrogen (secondary N) is 1. The summed E-state index contributed by atoms with van der Waals surface area (Å²) in [6.45, 7) is 4.05. The molecule has 1 amide bonds. The zero-order valence-corrected chi connectivity index (χ0v) is 15.0. The number of anilines is 1. The Kier molecular flexibility index (Phi) is 5.73. The van der Waals surface area contributed by atoms with Gasteiger partial charge in [0, 0.05) is 29.6 Å². The monoisotopic (exact) mass is 350 g/mol. The summed E-state index contributed by atoms with van der Waals surface area (Å²) in [5, 5.41) is 7.05. The van der Waals surface area contributed by atoms with Crippen LogP contribution in [0.2, 0.25) is 0 Å². The molecule has 2 heterocycles. The van der Waals surface area contributed by atoms with Crippen LogP contribution in [-0.2, 0) is 11.2 Å². The van der Waals surface area contributed by atoms with Crippen LogP contribution in [0.5, 0.6) is 0 Å². The molecule has 0 atom stereocenters. The minimum Gasteiger partial charge on any atom is -0.339 e. The smallest absolute Gasteiger partial charge is 0.231 e. The van der Waals surface area contributed by atoms with Crippen molar-refractivity contribution >= 4 is 11.6 Å². The number of aromatic nitrogens is 3. The minimum absolute atomic E-state index is 0.0173. The van der Waals surface area contributed by atoms with E-state index in [0.29, 0.717) is 18.1 Å². The molecule has 0 aliphatic carbocycles. The largest absolute Gasteiger partial charge is 0.339 e. The van der Waals surface area contributed by atoms with E-state index < -0.39 is 0 Å². The molecule has 0 spiro atoms. The fourth-order valence-electron chi connectivity index (χ4n) is 2.79. The highest BCUT2D eigenvalue weighted by Gasteiger charge is 2.17. The first kappa shape index (κ1) is 17.8. The normalized spacial score (nSPS) is 10.9. The molecule has 3 rings (SSSR count). The summed E-state index contributed by atoms with van der Waals surface area (Å²) in [6, 6.07) is 11.4. The van der Waals surface area contributed by atoms with Gasteiger partial charge in [0.2, 0.25) is 17.6 Å². The molecule has 0 unspecified atom stereocenters. The van der Waals surface area contributed by atoms with E-state index in [1.165, 1.54) is 0 Å². The zero-order chi connectivity index (χ0) is 18.4. The van der Waals surface area contributed by atoms with E-state index in [-0.39, 0.29) is 11.8 Å². The van der Waals surface area contributed by atoms with Crippen LogP contribution in [0.1, 0.15) is 38.1 Å². The van der Waals surface area contributed by atoms with E-state index >= 15 is 0 Å². The Hall–Kier alpha value is -3.02. The molecule has 0 bridgehead atoms. The third-order valence-electron chi connectivity index (χ3n) is 4.36. The Labute approximate surface area is 152 Å². The Morgan fingerprint density at radius 3 is 2.69 bits per heavy atom. The third-order valence-corrected chi connectivity index (χ3v) is 4.36. The van der Waals surface area contributed by atoms with Crippen molar-refractivity contribution in [2.75, 3.05) is 5.32 Å². The molecule has 2 aromatic heterocycles. The zero-order valence-electron chi connectivity index (χ0n) is 15.0. The van der Waals surface area contributed by atoms with Crippen molar-refractivity contribution in [2.24, 2.45) is 5.92 Å². The van der Waals surface area contributed by atoms with Gasteiger partial charge in [-0.3, -0.25) is 9.78 Å². The van der Waals surface area contributed by atoms with Crippen LogP contribution in [-0.4, -0.2) is 21.0 Å². The first-order chi connectivity index (χ1) is 12.7. The summed E-state index contributed by atoms with van der Waals surface area (Å²) in [7, 11) is 0. The van der Waals surface area contributed by atoms with Gasteiger partial charge in [-0.25, -0.2) is 0 Å². The van der Waals surface area contributed by atoms with Crippen molar-refractivity contribution in [1.29, 1.82) is 0 Å². The fourth-order valence-corrected chi connectivity index (χ4v) is 2.79. The molecule has 26 heavy (non-hydrogen) atoms. The van der Waals surface area contributed by atoms with E-state index in [1.807, 2.05) is 50.2 Å². The first-order valence-electron chi connectivity index (χ1n) is 8.83. The van der Waals surface area contributed by atoms with Crippen LogP contribution in [0.4, 0.5) is 5.69 Å². The van der Waals surface area contributed by atoms with Gasteiger partial charge in [0.25, 0.3) is 0 Å². The summed E-state index contributed by atoms with van der Waals surface area (Å²) >= 11 is 0. The second kappa shape index (κ2) is 8.38. The molecule has 0 fully saturated rings. The van der Waals surface area contributed by atoms with Gasteiger partial charge in [-0.05, 0) is 36.6 Å². The number of carbonyl (C=O) groups is 1. The number of carbonyl (C=O) groups excluding carboxylic acids is 1. The van der Waals surface area contributed by atoms with Crippen LogP contribution in [0.25, 0.3) is 11.4 Å². The molecule has 6 nitrogen and oxygen atoms in total. The second-order valence-electron chi connectivity index (χ2n) is 6.09. The second-order valence-corrected chi connectivity index (χ2v) is 6.09. The lowest BCUT2D eigenvalue weighted by Crippen LogP contribution is -2.22. The quantitative estimate of drug-likeness (QED) is 0.694. The van der Waals surface area contributed by atoms with E-state index in [9.17, 15) is 4.79 Å². The van der Waals surface area contributed by atoms with Crippen molar-refractivity contribution in [3.8, 4) is 11.4 Å². The van der Waals surface area contributed by atoms with E-state index in [4.69, 9.17) is 4.52 Å². The predicted molar refractivity (Wildman–Crippen MR) is 99.5 cm³/mol. The molecule has 0 saturated carbocycles. The van der Waals surface area contributed by atoms with Crippen LogP contribution < -0.4 is 5.32 Å². The van der Waals surface area contributed by atoms with Gasteiger partial charge in [0.1, 0.15) is 0 Å². The van der Waals surface area contributed by atoms with Gasteiger partial charge < -0.3 is 9.84 Å². The number of hydrogen-bond donors (Lipinski definition) is 1. The van der Waals surface area contributed by atoms with E-state index in [2.05, 4.69) is 20.4 Å². The van der Waals surface area contributed by atoms with Crippen molar-refractivity contribution in [3.63, 3.8) is 0 Å². The van der Waals surface area contributed by atoms with Gasteiger partial charge >= 0.3 is 0 Å². The van der Waals surface area contributed by atoms with Gasteiger partial charge in [-0.2, -0.15) is 4.98 Å². The standard InChI is InChI=1S/C20H22N4O2/c1-3-14(4-2)20(25)22-17-10-6-5-8-15(17)12-18-23-19(24-26-18)16-9-7-11-21-13-16/h5-11,13-14H,3-4,12H2,1-2H3,(H,22,25). The number of hydrogen-bond acceptors (Lipinski definition) is 5. The average molecular weight is 350 g/mol. The molecule has 3 aromatic rings. The molecule has 6 heteroatoms. The highest BCUT2D eigenvalue weighted by atomic mass is 16.5. The topological polar surface area (TPSA) is 80.9 Å². The molecule has 0 aliphatic heterocycles. The van der Waals surface area contributed by atoms with Crippen LogP contribution in [0.3, 0.4) is 0 Å². The fraction of sp³-hybridized carbons (Fsp3) is 0.300. The van der Waals surface area contributed by atoms with E-state index in [0.717, 1.165) is 29.7 Å². The number of nitrogens with zero attached hydrogens (tertiary/aromatic N) is 3. The first-order valence-corrected chi connectivity index (χ1v) is 8.83. The molecule has 0 aliphatic rings. The van der Waals surface area contributed by atoms with Gasteiger partial charge in [-0.15, -0.1) is 0 Å². The highest BCUT2D eigenvalue weighted by molar-refractivity contribution is 5.93. The Balaban J connectivity index is 1.77. The molecule has 0 radical (unpaired) electrons. The molecule has 1 aromatic carbocycles. The van der Waals surface area contributed by atoms with Crippen LogP contribution in [0.15, 0.2) is 53.3 Å². The molecule has 134 valence electrons. The summed E-state index contributed by atoms with van der Waals surface area (Å²) < 4.78 is 5.37. The summed E-state index contributed by atoms with van der Waals surface area (Å²) in [5.41, 5.74) is 2.52. The van der Waals surface area contributed by atoms with Crippen molar-refractivity contribution in [3.05, 3.63) is 60.2 Å². The lowest BCUT2D eigenvalue weighted by molar-refractivity contribution is -0.120. The number of benzene rings is 1. The maximum atomic E-state index is 12.4. The maximum absolute atomic E-state index is 12.4. The number of amides is 1. The maximum Gasteiger partial charge on any atom is 0.231 e. The van der Waals surface area contributed by atoms with Gasteiger partial charge in [0.05, 0.1) is 6.42 Å². The lowest BCUT2D eigenvalue weighted by atomic mass is 10.0. The average Bonchev–Trinajstić information content (AvgIpc) is 3.14. The molecular formula is C20H22N4O2. The number of para-hydroxylation sites is 1. The highest BCUT2D eigenvalue weighted by Crippen LogP contribution is 2.22. The van der Waals surface area contributed by atoms with Crippen molar-refractivity contribution in [2.45, 2.75) is 33.1 Å². The summed E-state index contributed by atoms with van der Waals surface area (Å²) in [6.07, 6.45) is 5.49. The van der Waals surface area contributed by atoms with E-state index in [1.54, 1.807) is 12.4 Å². The Morgan fingerprint density at radius 1 is 1.15 bits per heavy atom. The van der Waals surface area contributed by atoms with Gasteiger partial charge in [-0.1, -0.05) is 37.2 Å². The van der Waals surface area contributed by atoms with Gasteiger partial charge in [0.15, 0.2) is 0 Å². The third kappa shape index (κ3) is 4.14. The number of pyridine rings is 1. The van der Waals surface area contributed by atoms with Crippen LogP contribution >= 0.6 is 0 Å². The SMILES string of the molecule is CCC(CC)C(=O)Nc1ccccc1Cc1nc(-c2cccnc2)no1. The van der Waals surface area contributed by atoms with Crippen molar-refractivity contribution in [1.82, 2.24) is 15.1 Å². The molecular weight excluding hydrogens is 328 g/mol. The summed E-state index contributed by atoms with van der Waals surface area (Å²) in [5.74, 6) is 1.06. The lowest BCUT2D eigenvalue weighted by Gasteiger charge is -2.15. The summed E-state index contributed by atoms with van der Waals surface area (Å²) in [4.78, 5) is 20.9. The molecule has 0 saturated heterocycles. The Bertz CT molecular complexity index is 857. The van der Waals surface area contributed by atoms with Crippen molar-refractivity contribution < 1.29 is 9.32 Å². The number of rotatable bonds is 7.